The van der Waals surface area contributed by atoms with Crippen molar-refractivity contribution in [2.24, 2.45) is 0 Å². The van der Waals surface area contributed by atoms with E-state index in [1.54, 1.807) is 0 Å². The molecular weight excluding hydrogens is 202 g/mol. The van der Waals surface area contributed by atoms with Gasteiger partial charge in [0.15, 0.2) is 0 Å². The maximum Gasteiger partial charge on any atom is 0.127 e. The highest BCUT2D eigenvalue weighted by Gasteiger charge is 2.12. The molecule has 92 valence electrons. The van der Waals surface area contributed by atoms with E-state index in [4.69, 9.17) is 5.11 Å². The molecule has 0 saturated carbocycles. The molecule has 0 bridgehead atoms. The van der Waals surface area contributed by atoms with Crippen molar-refractivity contribution in [3.8, 4) is 0 Å². The molecule has 4 nitrogen and oxygen atoms in total. The van der Waals surface area contributed by atoms with Gasteiger partial charge >= 0.3 is 0 Å². The molecule has 2 N–H and O–H groups in total. The molecule has 1 aromatic rings. The summed E-state index contributed by atoms with van der Waals surface area (Å²) in [5, 5.41) is 16.9. The second kappa shape index (κ2) is 5.89. The van der Waals surface area contributed by atoms with Crippen LogP contribution in [0.25, 0.3) is 0 Å². The summed E-state index contributed by atoms with van der Waals surface area (Å²) in [5.41, 5.74) is 2.20. The van der Waals surface area contributed by atoms with Crippen LogP contribution in [0.3, 0.4) is 0 Å². The van der Waals surface area contributed by atoms with E-state index in [-0.39, 0.29) is 6.61 Å². The highest BCUT2D eigenvalue weighted by atomic mass is 16.3. The average Bonchev–Trinajstić information content (AvgIpc) is 2.47. The lowest BCUT2D eigenvalue weighted by atomic mass is 10.2. The van der Waals surface area contributed by atoms with E-state index >= 15 is 0 Å². The van der Waals surface area contributed by atoms with Crippen molar-refractivity contribution in [2.45, 2.75) is 53.1 Å². The van der Waals surface area contributed by atoms with Crippen LogP contribution in [0.1, 0.15) is 37.9 Å². The van der Waals surface area contributed by atoms with Crippen LogP contribution in [0.5, 0.6) is 0 Å². The van der Waals surface area contributed by atoms with Crippen LogP contribution in [0.4, 0.5) is 5.82 Å². The third-order valence-electron chi connectivity index (χ3n) is 2.84. The van der Waals surface area contributed by atoms with Crippen LogP contribution in [0.15, 0.2) is 0 Å². The summed E-state index contributed by atoms with van der Waals surface area (Å²) in [5.74, 6) is 1.05. The number of aryl methyl sites for hydroxylation is 1. The minimum atomic E-state index is 0.122. The van der Waals surface area contributed by atoms with Crippen molar-refractivity contribution >= 4 is 5.82 Å². The molecule has 0 amide bonds. The van der Waals surface area contributed by atoms with Gasteiger partial charge in [-0.05, 0) is 27.2 Å². The van der Waals surface area contributed by atoms with Crippen LogP contribution in [-0.4, -0.2) is 27.5 Å². The SMILES string of the molecule is CCCC(C)Nc1c(C)c(C)nn1CCO. The predicted octanol–water partition coefficient (Wildman–Crippen LogP) is 2.09. The van der Waals surface area contributed by atoms with Gasteiger partial charge in [0, 0.05) is 11.6 Å². The van der Waals surface area contributed by atoms with Gasteiger partial charge in [0.1, 0.15) is 5.82 Å². The van der Waals surface area contributed by atoms with Crippen LogP contribution >= 0.6 is 0 Å². The third kappa shape index (κ3) is 2.98. The molecule has 16 heavy (non-hydrogen) atoms. The van der Waals surface area contributed by atoms with Crippen LogP contribution in [0, 0.1) is 13.8 Å². The summed E-state index contributed by atoms with van der Waals surface area (Å²) in [4.78, 5) is 0. The molecule has 1 heterocycles. The Labute approximate surface area is 97.7 Å². The lowest BCUT2D eigenvalue weighted by molar-refractivity contribution is 0.270. The fraction of sp³-hybridized carbons (Fsp3) is 0.750. The van der Waals surface area contributed by atoms with Gasteiger partial charge in [0.25, 0.3) is 0 Å². The Morgan fingerprint density at radius 2 is 2.12 bits per heavy atom. The fourth-order valence-corrected chi connectivity index (χ4v) is 1.85. The molecule has 0 saturated heterocycles. The summed E-state index contributed by atoms with van der Waals surface area (Å²) in [6.45, 7) is 9.10. The Morgan fingerprint density at radius 3 is 2.69 bits per heavy atom. The Hall–Kier alpha value is -1.03. The van der Waals surface area contributed by atoms with Gasteiger partial charge in [-0.3, -0.25) is 0 Å². The van der Waals surface area contributed by atoms with E-state index in [2.05, 4.69) is 31.2 Å². The monoisotopic (exact) mass is 225 g/mol. The van der Waals surface area contributed by atoms with Crippen LogP contribution in [0.2, 0.25) is 0 Å². The second-order valence-corrected chi connectivity index (χ2v) is 4.34. The van der Waals surface area contributed by atoms with E-state index in [1.807, 2.05) is 11.6 Å². The van der Waals surface area contributed by atoms with E-state index in [9.17, 15) is 0 Å². The lowest BCUT2D eigenvalue weighted by Gasteiger charge is -2.16. The predicted molar refractivity (Wildman–Crippen MR) is 66.8 cm³/mol. The quantitative estimate of drug-likeness (QED) is 0.779. The molecular formula is C12H23N3O. The van der Waals surface area contributed by atoms with Crippen LogP contribution < -0.4 is 5.32 Å². The summed E-state index contributed by atoms with van der Waals surface area (Å²) in [7, 11) is 0. The van der Waals surface area contributed by atoms with Crippen LogP contribution in [-0.2, 0) is 6.54 Å². The normalized spacial score (nSPS) is 12.8. The van der Waals surface area contributed by atoms with Gasteiger partial charge in [0.2, 0.25) is 0 Å². The standard InChI is InChI=1S/C12H23N3O/c1-5-6-9(2)13-12-10(3)11(4)14-15(12)7-8-16/h9,13,16H,5-8H2,1-4H3. The van der Waals surface area contributed by atoms with Crippen molar-refractivity contribution in [1.29, 1.82) is 0 Å². The summed E-state index contributed by atoms with van der Waals surface area (Å²) >= 11 is 0. The molecule has 0 aliphatic heterocycles. The Morgan fingerprint density at radius 1 is 1.44 bits per heavy atom. The number of aliphatic hydroxyl groups is 1. The molecule has 1 unspecified atom stereocenters. The minimum Gasteiger partial charge on any atom is -0.394 e. The third-order valence-corrected chi connectivity index (χ3v) is 2.84. The molecule has 4 heteroatoms. The van der Waals surface area contributed by atoms with E-state index in [0.29, 0.717) is 12.6 Å². The Bertz CT molecular complexity index is 333. The largest absolute Gasteiger partial charge is 0.394 e. The van der Waals surface area contributed by atoms with Crippen molar-refractivity contribution < 1.29 is 5.11 Å². The van der Waals surface area contributed by atoms with Gasteiger partial charge in [0.05, 0.1) is 18.8 Å². The molecule has 0 aliphatic carbocycles. The molecule has 1 aromatic heterocycles. The maximum absolute atomic E-state index is 8.99. The van der Waals surface area contributed by atoms with E-state index in [1.165, 1.54) is 12.0 Å². The second-order valence-electron chi connectivity index (χ2n) is 4.34. The summed E-state index contributed by atoms with van der Waals surface area (Å²) < 4.78 is 1.86. The van der Waals surface area contributed by atoms with E-state index < -0.39 is 0 Å². The molecule has 1 atom stereocenters. The van der Waals surface area contributed by atoms with Gasteiger partial charge in [-0.15, -0.1) is 0 Å². The van der Waals surface area contributed by atoms with Crippen molar-refractivity contribution in [3.63, 3.8) is 0 Å². The topological polar surface area (TPSA) is 50.1 Å². The summed E-state index contributed by atoms with van der Waals surface area (Å²) in [6, 6.07) is 0.442. The zero-order chi connectivity index (χ0) is 12.1. The minimum absolute atomic E-state index is 0.122. The number of rotatable bonds is 6. The molecule has 0 aliphatic rings. The highest BCUT2D eigenvalue weighted by molar-refractivity contribution is 5.47. The molecule has 0 spiro atoms. The highest BCUT2D eigenvalue weighted by Crippen LogP contribution is 2.19. The smallest absolute Gasteiger partial charge is 0.127 e. The first-order valence-corrected chi connectivity index (χ1v) is 6.01. The number of anilines is 1. The number of nitrogens with one attached hydrogen (secondary N) is 1. The molecule has 1 rings (SSSR count). The number of hydrogen-bond acceptors (Lipinski definition) is 3. The first kappa shape index (κ1) is 13.0. The van der Waals surface area contributed by atoms with Gasteiger partial charge in [-0.1, -0.05) is 13.3 Å². The zero-order valence-electron chi connectivity index (χ0n) is 10.7. The Balaban J connectivity index is 2.83. The van der Waals surface area contributed by atoms with E-state index in [0.717, 1.165) is 17.9 Å². The number of nitrogens with zero attached hydrogens (tertiary/aromatic N) is 2. The Kier molecular flexibility index (Phi) is 4.80. The number of hydrogen-bond donors (Lipinski definition) is 2. The zero-order valence-corrected chi connectivity index (χ0v) is 10.7. The molecule has 0 fully saturated rings. The van der Waals surface area contributed by atoms with Crippen molar-refractivity contribution in [2.75, 3.05) is 11.9 Å². The van der Waals surface area contributed by atoms with Crippen molar-refractivity contribution in [3.05, 3.63) is 11.3 Å². The molecule has 0 aromatic carbocycles. The number of aromatic nitrogens is 2. The lowest BCUT2D eigenvalue weighted by Crippen LogP contribution is -2.19. The first-order valence-electron chi connectivity index (χ1n) is 6.01. The van der Waals surface area contributed by atoms with Gasteiger partial charge < -0.3 is 10.4 Å². The van der Waals surface area contributed by atoms with Gasteiger partial charge in [-0.25, -0.2) is 4.68 Å². The number of aliphatic hydroxyl groups excluding tert-OH is 1. The maximum atomic E-state index is 8.99. The van der Waals surface area contributed by atoms with Crippen molar-refractivity contribution in [1.82, 2.24) is 9.78 Å². The average molecular weight is 225 g/mol. The summed E-state index contributed by atoms with van der Waals surface area (Å²) in [6.07, 6.45) is 2.31. The first-order chi connectivity index (χ1) is 7.60. The fourth-order valence-electron chi connectivity index (χ4n) is 1.85. The molecule has 0 radical (unpaired) electrons. The van der Waals surface area contributed by atoms with Gasteiger partial charge in [-0.2, -0.15) is 5.10 Å².